The molecule has 3 rings (SSSR count). The largest absolute Gasteiger partial charge is 0.451 e. The Balaban J connectivity index is -0.000000574. The van der Waals surface area contributed by atoms with Gasteiger partial charge >= 0.3 is 0 Å². The van der Waals surface area contributed by atoms with Crippen LogP contribution in [0.15, 0.2) is 77.8 Å². The van der Waals surface area contributed by atoms with Gasteiger partial charge in [0.25, 0.3) is 0 Å². The minimum Gasteiger partial charge on any atom is -0.451 e. The third kappa shape index (κ3) is 26.1. The fourth-order valence-electron chi connectivity index (χ4n) is 4.40. The normalized spacial score (nSPS) is 11.1. The summed E-state index contributed by atoms with van der Waals surface area (Å²) in [4.78, 5) is 11.1. The van der Waals surface area contributed by atoms with Crippen molar-refractivity contribution in [3.8, 4) is 0 Å². The van der Waals surface area contributed by atoms with Gasteiger partial charge in [-0.1, -0.05) is 166 Å². The molecular formula is C40H58N3P2Pt2-. The fourth-order valence-corrected chi connectivity index (χ4v) is 9.47. The van der Waals surface area contributed by atoms with Crippen molar-refractivity contribution in [3.05, 3.63) is 112 Å². The Kier molecular flexibility index (Phi) is 24.5. The number of hydrogen-bond acceptors (Lipinski definition) is 1. The minimum atomic E-state index is -0.391. The van der Waals surface area contributed by atoms with Crippen LogP contribution >= 0.6 is 16.5 Å². The molecule has 3 nitrogen and oxygen atoms in total. The number of nitrogens with zero attached hydrogens (tertiary/aromatic N) is 3. The van der Waals surface area contributed by atoms with E-state index in [9.17, 15) is 0 Å². The number of benzene rings is 3. The molecule has 0 aliphatic rings. The average molecular weight is 1030 g/mol. The van der Waals surface area contributed by atoms with E-state index in [-0.39, 0.29) is 52.4 Å². The molecule has 0 saturated carbocycles. The third-order valence-electron chi connectivity index (χ3n) is 5.73. The molecule has 0 amide bonds. The molecule has 0 unspecified atom stereocenters. The van der Waals surface area contributed by atoms with E-state index in [1.807, 2.05) is 62.4 Å². The molecule has 0 atom stereocenters. The van der Waals surface area contributed by atoms with E-state index in [2.05, 4.69) is 135 Å². The van der Waals surface area contributed by atoms with Gasteiger partial charge in [-0.25, -0.2) is 9.69 Å². The summed E-state index contributed by atoms with van der Waals surface area (Å²) in [6, 6.07) is 23.3. The second-order valence-corrected chi connectivity index (χ2v) is 22.0. The molecule has 47 heavy (non-hydrogen) atoms. The zero-order chi connectivity index (χ0) is 35.1. The Bertz CT molecular complexity index is 1290. The van der Waals surface area contributed by atoms with Gasteiger partial charge in [0, 0.05) is 42.1 Å². The van der Waals surface area contributed by atoms with Crippen molar-refractivity contribution in [1.29, 1.82) is 0 Å². The summed E-state index contributed by atoms with van der Waals surface area (Å²) in [5.74, 6) is 3.43. The molecule has 0 heterocycles. The van der Waals surface area contributed by atoms with Gasteiger partial charge in [0.05, 0.1) is 13.1 Å². The number of aryl methyl sites for hydroxylation is 3. The summed E-state index contributed by atoms with van der Waals surface area (Å²) in [5.41, 5.74) is 6.08. The van der Waals surface area contributed by atoms with E-state index in [0.717, 1.165) is 14.3 Å². The molecule has 0 aromatic heterocycles. The standard InChI is InChI=1S/C16H25NP.2C8H7N.C8H19P.2Pt/c1-13-8-10-14(11-9-13)17-12-18(15(2,3)4)16(5,6)7;2*1-7-3-5-8(9-2)6-4-7;1-7(2,3)9-8(4,5)6;;/h8-11H,1-7H3;2*3-6H,1H3;9H,1-6H3;;/q-1;;;;;. The van der Waals surface area contributed by atoms with Gasteiger partial charge in [-0.2, -0.15) is 0 Å². The Hall–Kier alpha value is -1.45. The topological polar surface area (TPSA) is 21.1 Å². The second kappa shape index (κ2) is 23.0. The smallest absolute Gasteiger partial charge is 0.187 e. The van der Waals surface area contributed by atoms with E-state index < -0.39 is 7.92 Å². The Morgan fingerprint density at radius 2 is 0.809 bits per heavy atom. The molecule has 0 aliphatic heterocycles. The maximum Gasteiger partial charge on any atom is 0.187 e. The summed E-state index contributed by atoms with van der Waals surface area (Å²) in [6.07, 6.45) is 0. The maximum absolute atomic E-state index is 6.64. The van der Waals surface area contributed by atoms with Gasteiger partial charge < -0.3 is 4.99 Å². The zero-order valence-electron chi connectivity index (χ0n) is 31.3. The predicted octanol–water partition coefficient (Wildman–Crippen LogP) is 14.0. The van der Waals surface area contributed by atoms with Crippen LogP contribution in [0.2, 0.25) is 0 Å². The van der Waals surface area contributed by atoms with Crippen LogP contribution < -0.4 is 0 Å². The van der Waals surface area contributed by atoms with Crippen molar-refractivity contribution in [1.82, 2.24) is 0 Å². The van der Waals surface area contributed by atoms with Gasteiger partial charge in [0.2, 0.25) is 0 Å². The third-order valence-corrected chi connectivity index (χ3v) is 10.2. The van der Waals surface area contributed by atoms with Crippen molar-refractivity contribution in [2.75, 3.05) is 0 Å². The maximum atomic E-state index is 6.64. The van der Waals surface area contributed by atoms with Crippen LogP contribution in [0, 0.1) is 33.9 Å². The number of hydrogen-bond donors (Lipinski definition) is 0. The fraction of sp³-hybridized carbons (Fsp3) is 0.475. The van der Waals surface area contributed by atoms with Crippen LogP contribution in [0.1, 0.15) is 99.8 Å². The van der Waals surface area contributed by atoms with Crippen LogP contribution in [-0.2, 0) is 42.1 Å². The quantitative estimate of drug-likeness (QED) is 0.139. The molecule has 264 valence electrons. The number of rotatable bonds is 2. The molecule has 0 radical (unpaired) electrons. The summed E-state index contributed by atoms with van der Waals surface area (Å²) in [6.45, 7) is 46.9. The first-order valence-electron chi connectivity index (χ1n) is 15.5. The van der Waals surface area contributed by atoms with Crippen molar-refractivity contribution >= 4 is 39.5 Å². The van der Waals surface area contributed by atoms with Gasteiger partial charge in [0.15, 0.2) is 11.4 Å². The van der Waals surface area contributed by atoms with E-state index >= 15 is 0 Å². The minimum absolute atomic E-state index is 0. The molecule has 0 spiro atoms. The molecule has 0 bridgehead atoms. The zero-order valence-corrected chi connectivity index (χ0v) is 37.8. The molecule has 3 aromatic rings. The van der Waals surface area contributed by atoms with Crippen molar-refractivity contribution in [2.45, 2.75) is 124 Å². The Morgan fingerprint density at radius 3 is 1.02 bits per heavy atom. The predicted molar refractivity (Wildman–Crippen MR) is 207 cm³/mol. The van der Waals surface area contributed by atoms with E-state index in [1.165, 1.54) is 16.7 Å². The van der Waals surface area contributed by atoms with Gasteiger partial charge in [-0.15, -0.1) is 34.6 Å². The number of aliphatic imine (C=N–C) groups is 1. The van der Waals surface area contributed by atoms with Crippen molar-refractivity contribution in [3.63, 3.8) is 0 Å². The monoisotopic (exact) mass is 1030 g/mol. The molecular weight excluding hydrogens is 975 g/mol. The summed E-state index contributed by atoms with van der Waals surface area (Å²) in [7, 11) is 0.660. The Labute approximate surface area is 321 Å². The summed E-state index contributed by atoms with van der Waals surface area (Å²) in [5, 5.41) is 1.50. The van der Waals surface area contributed by atoms with Crippen LogP contribution in [0.3, 0.4) is 0 Å². The molecule has 7 heteroatoms. The first kappa shape index (κ1) is 49.9. The van der Waals surface area contributed by atoms with Crippen molar-refractivity contribution in [2.24, 2.45) is 4.99 Å². The van der Waals surface area contributed by atoms with Gasteiger partial charge in [0.1, 0.15) is 0 Å². The molecule has 0 fully saturated rings. The van der Waals surface area contributed by atoms with E-state index in [1.54, 1.807) is 0 Å². The van der Waals surface area contributed by atoms with Gasteiger partial charge in [-0.05, 0) is 41.4 Å². The van der Waals surface area contributed by atoms with E-state index in [4.69, 9.17) is 13.1 Å². The van der Waals surface area contributed by atoms with Gasteiger partial charge in [-0.3, -0.25) is 0 Å². The van der Waals surface area contributed by atoms with Crippen LogP contribution in [0.25, 0.3) is 9.69 Å². The van der Waals surface area contributed by atoms with Crippen molar-refractivity contribution < 1.29 is 42.1 Å². The van der Waals surface area contributed by atoms with Crippen LogP contribution in [0.5, 0.6) is 0 Å². The SMILES string of the molecule is CC(C)(C)PC(C)(C)C.Cc1ccc(N=[C-]P(C(C)(C)C)C(C)(C)C)cc1.[C-]#[N+]c1ccc(C)cc1.[C-]#[N+]c1ccc(C)cc1.[Pt].[Pt]. The van der Waals surface area contributed by atoms with Crippen LogP contribution in [0.4, 0.5) is 17.1 Å². The second-order valence-electron chi connectivity index (χ2n) is 15.2. The van der Waals surface area contributed by atoms with E-state index in [0.29, 0.717) is 21.7 Å². The summed E-state index contributed by atoms with van der Waals surface area (Å²) >= 11 is 0. The first-order chi connectivity index (χ1) is 20.5. The average Bonchev–Trinajstić information content (AvgIpc) is 2.88. The molecule has 0 N–H and O–H groups in total. The Morgan fingerprint density at radius 1 is 0.532 bits per heavy atom. The molecule has 0 aliphatic carbocycles. The van der Waals surface area contributed by atoms with Crippen LogP contribution in [-0.4, -0.2) is 26.6 Å². The summed E-state index contributed by atoms with van der Waals surface area (Å²) < 4.78 is 0. The molecule has 3 aromatic carbocycles. The molecule has 0 saturated heterocycles. The first-order valence-corrected chi connectivity index (χ1v) is 17.8.